The van der Waals surface area contributed by atoms with Crippen LogP contribution in [0.1, 0.15) is 0 Å². The molecule has 0 saturated heterocycles. The molecular formula is C19H24IN3O5. The van der Waals surface area contributed by atoms with Crippen LogP contribution in [-0.2, 0) is 0 Å². The zero-order chi connectivity index (χ0) is 19.1. The number of hydrogen-bond acceptors (Lipinski definition) is 6. The Hall–Kier alpha value is -2.56. The van der Waals surface area contributed by atoms with Crippen LogP contribution in [0.2, 0.25) is 0 Å². The van der Waals surface area contributed by atoms with Crippen molar-refractivity contribution in [3.63, 3.8) is 0 Å². The monoisotopic (exact) mass is 501 g/mol. The number of nitrogens with zero attached hydrogens (tertiary/aromatic N) is 1. The average molecular weight is 501 g/mol. The number of fused-ring (bicyclic) bond motifs is 1. The summed E-state index contributed by atoms with van der Waals surface area (Å²) >= 11 is 0. The summed E-state index contributed by atoms with van der Waals surface area (Å²) in [6.45, 7) is 1.28. The lowest BCUT2D eigenvalue weighted by molar-refractivity contribution is 0.173. The van der Waals surface area contributed by atoms with Crippen LogP contribution in [0.25, 0.3) is 0 Å². The molecule has 0 saturated carbocycles. The molecule has 1 aliphatic rings. The summed E-state index contributed by atoms with van der Waals surface area (Å²) in [5, 5.41) is 6.39. The fraction of sp³-hybridized carbons (Fsp3) is 0.316. The predicted molar refractivity (Wildman–Crippen MR) is 118 cm³/mol. The molecule has 0 spiro atoms. The zero-order valence-corrected chi connectivity index (χ0v) is 18.3. The molecule has 0 aromatic heterocycles. The number of halogens is 1. The Labute approximate surface area is 181 Å². The third-order valence-electron chi connectivity index (χ3n) is 3.88. The van der Waals surface area contributed by atoms with Crippen LogP contribution in [0, 0.1) is 0 Å². The van der Waals surface area contributed by atoms with E-state index < -0.39 is 0 Å². The third-order valence-corrected chi connectivity index (χ3v) is 3.88. The van der Waals surface area contributed by atoms with E-state index in [1.807, 2.05) is 36.4 Å². The molecule has 0 radical (unpaired) electrons. The van der Waals surface area contributed by atoms with Gasteiger partial charge in [-0.05, 0) is 24.3 Å². The average Bonchev–Trinajstić information content (AvgIpc) is 3.17. The molecule has 2 aromatic rings. The van der Waals surface area contributed by atoms with Crippen molar-refractivity contribution in [2.75, 3.05) is 46.5 Å². The van der Waals surface area contributed by atoms with Gasteiger partial charge in [0, 0.05) is 24.9 Å². The first kappa shape index (κ1) is 21.7. The lowest BCUT2D eigenvalue weighted by Crippen LogP contribution is -2.33. The maximum Gasteiger partial charge on any atom is 0.231 e. The normalized spacial score (nSPS) is 12.0. The molecule has 28 heavy (non-hydrogen) atoms. The first-order valence-electron chi connectivity index (χ1n) is 8.45. The Balaban J connectivity index is 0.00000280. The maximum atomic E-state index is 5.73. The molecule has 0 unspecified atom stereocenters. The van der Waals surface area contributed by atoms with Crippen molar-refractivity contribution in [1.82, 2.24) is 5.32 Å². The highest BCUT2D eigenvalue weighted by Gasteiger charge is 2.13. The summed E-state index contributed by atoms with van der Waals surface area (Å²) in [5.74, 6) is 4.10. The van der Waals surface area contributed by atoms with Gasteiger partial charge in [-0.3, -0.25) is 4.99 Å². The van der Waals surface area contributed by atoms with E-state index in [9.17, 15) is 0 Å². The number of benzene rings is 2. The van der Waals surface area contributed by atoms with Gasteiger partial charge in [0.25, 0.3) is 0 Å². The number of ether oxygens (including phenoxy) is 5. The van der Waals surface area contributed by atoms with Gasteiger partial charge in [-0.2, -0.15) is 0 Å². The number of rotatable bonds is 7. The van der Waals surface area contributed by atoms with Crippen LogP contribution in [0.4, 0.5) is 5.69 Å². The lowest BCUT2D eigenvalue weighted by atomic mass is 10.3. The van der Waals surface area contributed by atoms with E-state index in [0.717, 1.165) is 17.2 Å². The van der Waals surface area contributed by atoms with Crippen LogP contribution < -0.4 is 34.3 Å². The smallest absolute Gasteiger partial charge is 0.231 e. The van der Waals surface area contributed by atoms with Crippen LogP contribution in [0.3, 0.4) is 0 Å². The minimum absolute atomic E-state index is 0. The van der Waals surface area contributed by atoms with Crippen molar-refractivity contribution in [2.45, 2.75) is 0 Å². The molecule has 1 heterocycles. The molecule has 0 bridgehead atoms. The summed E-state index contributed by atoms with van der Waals surface area (Å²) in [5.41, 5.74) is 0.831. The molecule has 9 heteroatoms. The van der Waals surface area contributed by atoms with Gasteiger partial charge in [0.05, 0.1) is 20.8 Å². The van der Waals surface area contributed by atoms with Crippen molar-refractivity contribution in [1.29, 1.82) is 0 Å². The Morgan fingerprint density at radius 3 is 2.57 bits per heavy atom. The van der Waals surface area contributed by atoms with E-state index >= 15 is 0 Å². The fourth-order valence-corrected chi connectivity index (χ4v) is 2.53. The van der Waals surface area contributed by atoms with Crippen LogP contribution >= 0.6 is 24.0 Å². The number of methoxy groups -OCH3 is 2. The molecule has 2 aromatic carbocycles. The Morgan fingerprint density at radius 1 is 1.04 bits per heavy atom. The van der Waals surface area contributed by atoms with Crippen molar-refractivity contribution < 1.29 is 23.7 Å². The maximum absolute atomic E-state index is 5.73. The molecule has 0 aliphatic carbocycles. The number of guanidine groups is 1. The first-order chi connectivity index (χ1) is 13.2. The number of aliphatic imine (C=N–C) groups is 1. The van der Waals surface area contributed by atoms with E-state index in [2.05, 4.69) is 15.6 Å². The van der Waals surface area contributed by atoms with E-state index in [1.165, 1.54) is 0 Å². The van der Waals surface area contributed by atoms with E-state index in [0.29, 0.717) is 36.4 Å². The summed E-state index contributed by atoms with van der Waals surface area (Å²) in [6, 6.07) is 11.1. The molecule has 2 N–H and O–H groups in total. The Kier molecular flexibility index (Phi) is 8.30. The standard InChI is InChI=1S/C19H23N3O5.HI/c1-20-19(22-13-4-6-15(23-2)17(10-13)24-3)21-8-9-25-14-5-7-16-18(11-14)27-12-26-16;/h4-7,10-11H,8-9,12H2,1-3H3,(H2,20,21,22);1H. The van der Waals surface area contributed by atoms with Gasteiger partial charge in [0.15, 0.2) is 29.0 Å². The van der Waals surface area contributed by atoms with Crippen molar-refractivity contribution >= 4 is 35.6 Å². The van der Waals surface area contributed by atoms with Crippen molar-refractivity contribution in [3.8, 4) is 28.7 Å². The largest absolute Gasteiger partial charge is 0.493 e. The highest BCUT2D eigenvalue weighted by atomic mass is 127. The molecule has 1 aliphatic heterocycles. The van der Waals surface area contributed by atoms with Gasteiger partial charge in [-0.25, -0.2) is 0 Å². The van der Waals surface area contributed by atoms with E-state index in [1.54, 1.807) is 21.3 Å². The predicted octanol–water partition coefficient (Wildman–Crippen LogP) is 3.12. The minimum atomic E-state index is 0. The summed E-state index contributed by atoms with van der Waals surface area (Å²) in [4.78, 5) is 4.20. The minimum Gasteiger partial charge on any atom is -0.493 e. The number of nitrogens with one attached hydrogen (secondary N) is 2. The van der Waals surface area contributed by atoms with Gasteiger partial charge in [0.1, 0.15) is 12.4 Å². The Morgan fingerprint density at radius 2 is 1.82 bits per heavy atom. The van der Waals surface area contributed by atoms with Crippen molar-refractivity contribution in [3.05, 3.63) is 36.4 Å². The van der Waals surface area contributed by atoms with Crippen LogP contribution in [-0.4, -0.2) is 47.2 Å². The lowest BCUT2D eigenvalue weighted by Gasteiger charge is -2.14. The molecular weight excluding hydrogens is 477 g/mol. The van der Waals surface area contributed by atoms with Crippen LogP contribution in [0.15, 0.2) is 41.4 Å². The quantitative estimate of drug-likeness (QED) is 0.261. The molecule has 0 amide bonds. The second-order valence-corrected chi connectivity index (χ2v) is 5.56. The molecule has 3 rings (SSSR count). The first-order valence-corrected chi connectivity index (χ1v) is 8.45. The van der Waals surface area contributed by atoms with Gasteiger partial charge >= 0.3 is 0 Å². The second kappa shape index (κ2) is 10.7. The fourth-order valence-electron chi connectivity index (χ4n) is 2.53. The summed E-state index contributed by atoms with van der Waals surface area (Å²) < 4.78 is 26.9. The van der Waals surface area contributed by atoms with E-state index in [-0.39, 0.29) is 30.8 Å². The Bertz CT molecular complexity index is 816. The highest BCUT2D eigenvalue weighted by molar-refractivity contribution is 14.0. The van der Waals surface area contributed by atoms with Gasteiger partial charge < -0.3 is 34.3 Å². The zero-order valence-electron chi connectivity index (χ0n) is 16.0. The summed E-state index contributed by atoms with van der Waals surface area (Å²) in [6.07, 6.45) is 0. The topological polar surface area (TPSA) is 82.6 Å². The SMILES string of the molecule is CN=C(NCCOc1ccc2c(c1)OCO2)Nc1ccc(OC)c(OC)c1.I. The molecule has 0 atom stereocenters. The molecule has 152 valence electrons. The summed E-state index contributed by atoms with van der Waals surface area (Å²) in [7, 11) is 4.91. The number of hydrogen-bond donors (Lipinski definition) is 2. The second-order valence-electron chi connectivity index (χ2n) is 5.56. The van der Waals surface area contributed by atoms with Gasteiger partial charge in [-0.1, -0.05) is 0 Å². The van der Waals surface area contributed by atoms with Gasteiger partial charge in [0.2, 0.25) is 6.79 Å². The molecule has 0 fully saturated rings. The number of anilines is 1. The van der Waals surface area contributed by atoms with Crippen molar-refractivity contribution in [2.24, 2.45) is 4.99 Å². The van der Waals surface area contributed by atoms with Gasteiger partial charge in [-0.15, -0.1) is 24.0 Å². The van der Waals surface area contributed by atoms with E-state index in [4.69, 9.17) is 23.7 Å². The highest BCUT2D eigenvalue weighted by Crippen LogP contribution is 2.35. The van der Waals surface area contributed by atoms with Crippen LogP contribution in [0.5, 0.6) is 28.7 Å². The third kappa shape index (κ3) is 5.47. The molecule has 8 nitrogen and oxygen atoms in total.